The number of benzene rings is 1. The van der Waals surface area contributed by atoms with Gasteiger partial charge in [0.2, 0.25) is 11.8 Å². The molecule has 1 aromatic heterocycles. The fourth-order valence-corrected chi connectivity index (χ4v) is 5.56. The van der Waals surface area contributed by atoms with E-state index in [1.165, 1.54) is 4.90 Å². The van der Waals surface area contributed by atoms with Crippen molar-refractivity contribution in [1.29, 1.82) is 0 Å². The quantitative estimate of drug-likeness (QED) is 0.392. The first-order chi connectivity index (χ1) is 18.0. The summed E-state index contributed by atoms with van der Waals surface area (Å²) in [4.78, 5) is 46.5. The Morgan fingerprint density at radius 2 is 1.95 bits per heavy atom. The van der Waals surface area contributed by atoms with E-state index in [0.717, 1.165) is 21.7 Å². The van der Waals surface area contributed by atoms with E-state index in [-0.39, 0.29) is 37.2 Å². The van der Waals surface area contributed by atoms with Crippen molar-refractivity contribution in [3.8, 4) is 10.4 Å². The molecule has 3 amide bonds. The fourth-order valence-electron chi connectivity index (χ4n) is 4.75. The van der Waals surface area contributed by atoms with Gasteiger partial charge in [-0.05, 0) is 23.5 Å². The van der Waals surface area contributed by atoms with Crippen LogP contribution in [-0.4, -0.2) is 83.2 Å². The minimum absolute atomic E-state index is 0. The summed E-state index contributed by atoms with van der Waals surface area (Å²) < 4.78 is 5.54. The fraction of sp³-hybridized carbons (Fsp3) is 0.556. The van der Waals surface area contributed by atoms with Crippen LogP contribution in [0.25, 0.3) is 10.4 Å². The van der Waals surface area contributed by atoms with Crippen LogP contribution < -0.4 is 16.0 Å². The number of thiazole rings is 1. The molecule has 0 saturated carbocycles. The number of aliphatic hydroxyl groups is 1. The molecule has 4 atom stereocenters. The molecule has 0 spiro atoms. The number of likely N-dealkylation sites (tertiary alicyclic amines) is 1. The molecular formula is C27H38ClN5O5S. The molecule has 4 N–H and O–H groups in total. The lowest BCUT2D eigenvalue weighted by Gasteiger charge is -2.36. The first-order valence-electron chi connectivity index (χ1n) is 12.9. The molecule has 39 heavy (non-hydrogen) atoms. The highest BCUT2D eigenvalue weighted by Crippen LogP contribution is 2.28. The van der Waals surface area contributed by atoms with Crippen LogP contribution in [0.5, 0.6) is 0 Å². The third kappa shape index (κ3) is 7.55. The Bertz CT molecular complexity index is 1150. The number of hydrogen-bond acceptors (Lipinski definition) is 8. The van der Waals surface area contributed by atoms with Crippen LogP contribution in [0.4, 0.5) is 0 Å². The average molecular weight is 580 g/mol. The average Bonchev–Trinajstić information content (AvgIpc) is 3.50. The maximum Gasteiger partial charge on any atom is 0.251 e. The molecule has 3 heterocycles. The highest BCUT2D eigenvalue weighted by Gasteiger charge is 2.45. The van der Waals surface area contributed by atoms with Gasteiger partial charge in [-0.3, -0.25) is 14.4 Å². The van der Waals surface area contributed by atoms with Crippen molar-refractivity contribution in [3.05, 3.63) is 41.0 Å². The Morgan fingerprint density at radius 1 is 1.23 bits per heavy atom. The summed E-state index contributed by atoms with van der Waals surface area (Å²) in [6, 6.07) is 6.19. The summed E-state index contributed by atoms with van der Waals surface area (Å²) in [5.74, 6) is -1.10. The zero-order valence-electron chi connectivity index (χ0n) is 22.7. The number of ether oxygens (including phenoxy) is 1. The highest BCUT2D eigenvalue weighted by atomic mass is 35.5. The van der Waals surface area contributed by atoms with Gasteiger partial charge in [0.25, 0.3) is 5.91 Å². The molecule has 0 bridgehead atoms. The van der Waals surface area contributed by atoms with Gasteiger partial charge in [-0.15, -0.1) is 23.7 Å². The van der Waals surface area contributed by atoms with E-state index in [1.807, 2.05) is 57.5 Å². The predicted octanol–water partition coefficient (Wildman–Crippen LogP) is 1.64. The van der Waals surface area contributed by atoms with Gasteiger partial charge in [-0.2, -0.15) is 0 Å². The van der Waals surface area contributed by atoms with Gasteiger partial charge in [-0.1, -0.05) is 45.0 Å². The largest absolute Gasteiger partial charge is 0.391 e. The number of carbonyl (C=O) groups is 3. The molecule has 0 aliphatic carbocycles. The Kier molecular flexibility index (Phi) is 10.5. The molecule has 2 aliphatic heterocycles. The van der Waals surface area contributed by atoms with Crippen LogP contribution >= 0.6 is 23.7 Å². The van der Waals surface area contributed by atoms with Crippen molar-refractivity contribution in [2.75, 3.05) is 26.2 Å². The predicted molar refractivity (Wildman–Crippen MR) is 152 cm³/mol. The number of β-amino-alcohol motifs (C(OH)–C–C–N with tert-alkyl or cyclic N) is 1. The number of halogens is 1. The van der Waals surface area contributed by atoms with Gasteiger partial charge in [0.05, 0.1) is 28.8 Å². The van der Waals surface area contributed by atoms with Crippen LogP contribution in [0.15, 0.2) is 29.8 Å². The monoisotopic (exact) mass is 579 g/mol. The van der Waals surface area contributed by atoms with Crippen LogP contribution in [0.3, 0.4) is 0 Å². The molecule has 2 aliphatic rings. The topological polar surface area (TPSA) is 133 Å². The van der Waals surface area contributed by atoms with E-state index in [4.69, 9.17) is 4.74 Å². The number of morpholine rings is 1. The zero-order valence-corrected chi connectivity index (χ0v) is 24.4. The summed E-state index contributed by atoms with van der Waals surface area (Å²) >= 11 is 1.58. The van der Waals surface area contributed by atoms with Gasteiger partial charge in [-0.25, -0.2) is 4.98 Å². The smallest absolute Gasteiger partial charge is 0.251 e. The van der Waals surface area contributed by atoms with E-state index in [2.05, 4.69) is 20.9 Å². The van der Waals surface area contributed by atoms with Crippen LogP contribution in [0.2, 0.25) is 0 Å². The van der Waals surface area contributed by atoms with Crippen molar-refractivity contribution < 1.29 is 24.2 Å². The minimum atomic E-state index is -0.885. The number of aromatic nitrogens is 1. The van der Waals surface area contributed by atoms with Crippen LogP contribution in [0, 0.1) is 12.3 Å². The van der Waals surface area contributed by atoms with Crippen molar-refractivity contribution >= 4 is 41.5 Å². The van der Waals surface area contributed by atoms with E-state index < -0.39 is 35.6 Å². The van der Waals surface area contributed by atoms with Gasteiger partial charge in [0, 0.05) is 32.6 Å². The summed E-state index contributed by atoms with van der Waals surface area (Å²) in [5.41, 5.74) is 4.16. The molecule has 214 valence electrons. The summed E-state index contributed by atoms with van der Waals surface area (Å²) in [7, 11) is 0. The van der Waals surface area contributed by atoms with Gasteiger partial charge in [0.1, 0.15) is 18.2 Å². The Morgan fingerprint density at radius 3 is 2.54 bits per heavy atom. The number of aliphatic hydroxyl groups excluding tert-OH is 1. The molecular weight excluding hydrogens is 542 g/mol. The molecule has 2 aromatic rings. The second-order valence-electron chi connectivity index (χ2n) is 10.9. The molecule has 10 nitrogen and oxygen atoms in total. The van der Waals surface area contributed by atoms with E-state index in [0.29, 0.717) is 26.2 Å². The lowest BCUT2D eigenvalue weighted by molar-refractivity contribution is -0.146. The third-order valence-corrected chi connectivity index (χ3v) is 7.89. The Hall–Kier alpha value is -2.57. The molecule has 0 radical (unpaired) electrons. The maximum absolute atomic E-state index is 13.7. The summed E-state index contributed by atoms with van der Waals surface area (Å²) in [6.07, 6.45) is -1.36. The number of rotatable bonds is 7. The van der Waals surface area contributed by atoms with Crippen molar-refractivity contribution in [2.45, 2.75) is 65.0 Å². The molecule has 0 unspecified atom stereocenters. The summed E-state index contributed by atoms with van der Waals surface area (Å²) in [5, 5.41) is 19.2. The van der Waals surface area contributed by atoms with E-state index in [9.17, 15) is 19.5 Å². The third-order valence-electron chi connectivity index (χ3n) is 6.91. The molecule has 2 saturated heterocycles. The lowest BCUT2D eigenvalue weighted by Crippen LogP contribution is -2.60. The molecule has 4 rings (SSSR count). The maximum atomic E-state index is 13.7. The Balaban J connectivity index is 0.00000420. The Labute approximate surface area is 239 Å². The second-order valence-corrected chi connectivity index (χ2v) is 11.8. The summed E-state index contributed by atoms with van der Waals surface area (Å²) in [6.45, 7) is 9.32. The van der Waals surface area contributed by atoms with Gasteiger partial charge in [0.15, 0.2) is 0 Å². The second kappa shape index (κ2) is 13.2. The lowest BCUT2D eigenvalue weighted by atomic mass is 9.85. The van der Waals surface area contributed by atoms with E-state index >= 15 is 0 Å². The van der Waals surface area contributed by atoms with E-state index in [1.54, 1.807) is 11.3 Å². The molecule has 2 fully saturated rings. The number of carbonyl (C=O) groups excluding carboxylic acids is 3. The SMILES string of the molecule is Cc1ncsc1-c1ccc(CNC(=O)[C@@H]2C[C@@H](O)CN2C(=O)[C@@H](NC(=O)[C@@H]2CNCCO2)C(C)(C)C)cc1.Cl. The van der Waals surface area contributed by atoms with Gasteiger partial charge < -0.3 is 30.7 Å². The highest BCUT2D eigenvalue weighted by molar-refractivity contribution is 7.13. The first-order valence-corrected chi connectivity index (χ1v) is 13.8. The first kappa shape index (κ1) is 31.0. The standard InChI is InChI=1S/C27H37N5O5S.ClH/c1-16-22(38-15-30-16)18-7-5-17(6-8-18)12-29-24(34)20-11-19(33)14-32(20)26(36)23(27(2,3)4)31-25(35)21-13-28-9-10-37-21;/h5-8,15,19-21,23,28,33H,9-14H2,1-4H3,(H,29,34)(H,31,35);1H/t19-,20+,21+,23-;/m1./s1. The minimum Gasteiger partial charge on any atom is -0.391 e. The molecule has 1 aromatic carbocycles. The normalized spacial score (nSPS) is 22.1. The zero-order chi connectivity index (χ0) is 27.4. The number of nitrogens with zero attached hydrogens (tertiary/aromatic N) is 2. The number of hydrogen-bond donors (Lipinski definition) is 4. The van der Waals surface area contributed by atoms with Crippen LogP contribution in [0.1, 0.15) is 38.4 Å². The number of aryl methyl sites for hydroxylation is 1. The van der Waals surface area contributed by atoms with Crippen molar-refractivity contribution in [2.24, 2.45) is 5.41 Å². The van der Waals surface area contributed by atoms with Crippen molar-refractivity contribution in [3.63, 3.8) is 0 Å². The number of amides is 3. The van der Waals surface area contributed by atoms with Crippen molar-refractivity contribution in [1.82, 2.24) is 25.8 Å². The van der Waals surface area contributed by atoms with Gasteiger partial charge >= 0.3 is 0 Å². The number of nitrogens with one attached hydrogen (secondary N) is 3. The molecule has 12 heteroatoms. The van der Waals surface area contributed by atoms with Crippen LogP contribution in [-0.2, 0) is 25.7 Å².